The second kappa shape index (κ2) is 5.48. The molecule has 1 N–H and O–H groups in total. The van der Waals surface area contributed by atoms with Gasteiger partial charge in [0.05, 0.1) is 6.04 Å². The molecule has 5 heteroatoms. The van der Waals surface area contributed by atoms with E-state index in [2.05, 4.69) is 15.5 Å². The summed E-state index contributed by atoms with van der Waals surface area (Å²) >= 11 is 0. The Labute approximate surface area is 111 Å². The standard InChI is InChI=1S/C14H16FN3O/c15-11-6-4-10(5-7-11)9-13-17-14(19-18-13)12-3-1-2-8-16-12/h4-7,12,16H,1-3,8-9H2/t12-/m0/s1. The van der Waals surface area contributed by atoms with Crippen LogP contribution < -0.4 is 5.32 Å². The number of hydrogen-bond acceptors (Lipinski definition) is 4. The van der Waals surface area contributed by atoms with Gasteiger partial charge in [0.2, 0.25) is 5.89 Å². The van der Waals surface area contributed by atoms with Gasteiger partial charge in [-0.25, -0.2) is 4.39 Å². The van der Waals surface area contributed by atoms with E-state index in [4.69, 9.17) is 4.52 Å². The molecule has 4 nitrogen and oxygen atoms in total. The fourth-order valence-corrected chi connectivity index (χ4v) is 2.33. The van der Waals surface area contributed by atoms with Crippen LogP contribution in [-0.2, 0) is 6.42 Å². The molecule has 0 bridgehead atoms. The van der Waals surface area contributed by atoms with Crippen molar-refractivity contribution < 1.29 is 8.91 Å². The lowest BCUT2D eigenvalue weighted by Crippen LogP contribution is -2.27. The summed E-state index contributed by atoms with van der Waals surface area (Å²) in [5.74, 6) is 1.08. The van der Waals surface area contributed by atoms with Crippen LogP contribution in [0, 0.1) is 5.82 Å². The van der Waals surface area contributed by atoms with Crippen LogP contribution in [-0.4, -0.2) is 16.7 Å². The third kappa shape index (κ3) is 2.98. The van der Waals surface area contributed by atoms with Crippen molar-refractivity contribution in [2.24, 2.45) is 0 Å². The molecule has 1 aliphatic rings. The molecule has 2 heterocycles. The Morgan fingerprint density at radius 1 is 1.26 bits per heavy atom. The predicted octanol–water partition coefficient (Wildman–Crippen LogP) is 2.61. The van der Waals surface area contributed by atoms with Gasteiger partial charge in [-0.2, -0.15) is 4.98 Å². The Balaban J connectivity index is 1.68. The number of piperidine rings is 1. The molecule has 0 saturated carbocycles. The third-order valence-corrected chi connectivity index (χ3v) is 3.37. The quantitative estimate of drug-likeness (QED) is 0.922. The minimum atomic E-state index is -0.232. The van der Waals surface area contributed by atoms with E-state index in [1.165, 1.54) is 25.0 Å². The Morgan fingerprint density at radius 3 is 2.84 bits per heavy atom. The van der Waals surface area contributed by atoms with Crippen molar-refractivity contribution in [1.82, 2.24) is 15.5 Å². The number of nitrogens with zero attached hydrogens (tertiary/aromatic N) is 2. The van der Waals surface area contributed by atoms with Gasteiger partial charge < -0.3 is 9.84 Å². The molecule has 1 aromatic carbocycles. The normalized spacial score (nSPS) is 19.5. The molecule has 1 aliphatic heterocycles. The topological polar surface area (TPSA) is 51.0 Å². The average Bonchev–Trinajstić information content (AvgIpc) is 2.91. The Hall–Kier alpha value is -1.75. The van der Waals surface area contributed by atoms with Crippen molar-refractivity contribution in [2.45, 2.75) is 31.7 Å². The van der Waals surface area contributed by atoms with Gasteiger partial charge in [0.15, 0.2) is 5.82 Å². The van der Waals surface area contributed by atoms with Gasteiger partial charge in [-0.15, -0.1) is 0 Å². The summed E-state index contributed by atoms with van der Waals surface area (Å²) in [6.07, 6.45) is 4.00. The number of hydrogen-bond donors (Lipinski definition) is 1. The zero-order chi connectivity index (χ0) is 13.1. The van der Waals surface area contributed by atoms with Crippen LogP contribution in [0.4, 0.5) is 4.39 Å². The van der Waals surface area contributed by atoms with E-state index in [9.17, 15) is 4.39 Å². The predicted molar refractivity (Wildman–Crippen MR) is 68.1 cm³/mol. The first-order valence-corrected chi connectivity index (χ1v) is 6.61. The number of rotatable bonds is 3. The van der Waals surface area contributed by atoms with Gasteiger partial charge in [-0.1, -0.05) is 23.7 Å². The maximum absolute atomic E-state index is 12.8. The molecule has 1 saturated heterocycles. The second-order valence-corrected chi connectivity index (χ2v) is 4.85. The molecule has 0 radical (unpaired) electrons. The molecule has 2 aromatic rings. The second-order valence-electron chi connectivity index (χ2n) is 4.85. The van der Waals surface area contributed by atoms with Gasteiger partial charge in [0.1, 0.15) is 5.82 Å². The molecule has 0 aliphatic carbocycles. The largest absolute Gasteiger partial charge is 0.338 e. The molecular formula is C14H16FN3O. The number of halogens is 1. The van der Waals surface area contributed by atoms with E-state index < -0.39 is 0 Å². The van der Waals surface area contributed by atoms with Crippen molar-refractivity contribution in [1.29, 1.82) is 0 Å². The van der Waals surface area contributed by atoms with Gasteiger partial charge in [-0.3, -0.25) is 0 Å². The summed E-state index contributed by atoms with van der Waals surface area (Å²) < 4.78 is 18.1. The molecule has 3 rings (SSSR count). The maximum Gasteiger partial charge on any atom is 0.243 e. The van der Waals surface area contributed by atoms with Gasteiger partial charge in [0.25, 0.3) is 0 Å². The highest BCUT2D eigenvalue weighted by atomic mass is 19.1. The molecule has 0 amide bonds. The lowest BCUT2D eigenvalue weighted by atomic mass is 10.1. The molecule has 100 valence electrons. The lowest BCUT2D eigenvalue weighted by Gasteiger charge is -2.19. The highest BCUT2D eigenvalue weighted by Gasteiger charge is 2.20. The number of benzene rings is 1. The summed E-state index contributed by atoms with van der Waals surface area (Å²) in [5.41, 5.74) is 0.977. The van der Waals surface area contributed by atoms with Crippen LogP contribution >= 0.6 is 0 Å². The minimum Gasteiger partial charge on any atom is -0.338 e. The van der Waals surface area contributed by atoms with Crippen molar-refractivity contribution in [3.05, 3.63) is 47.4 Å². The first kappa shape index (κ1) is 12.3. The van der Waals surface area contributed by atoms with Gasteiger partial charge >= 0.3 is 0 Å². The molecule has 1 atom stereocenters. The Morgan fingerprint density at radius 2 is 2.11 bits per heavy atom. The summed E-state index contributed by atoms with van der Waals surface area (Å²) in [4.78, 5) is 4.42. The van der Waals surface area contributed by atoms with E-state index in [0.717, 1.165) is 18.5 Å². The molecule has 0 spiro atoms. The zero-order valence-corrected chi connectivity index (χ0v) is 10.6. The van der Waals surface area contributed by atoms with Crippen LogP contribution in [0.2, 0.25) is 0 Å². The summed E-state index contributed by atoms with van der Waals surface area (Å²) in [6.45, 7) is 1.00. The van der Waals surface area contributed by atoms with Crippen molar-refractivity contribution in [2.75, 3.05) is 6.54 Å². The van der Waals surface area contributed by atoms with Crippen molar-refractivity contribution in [3.8, 4) is 0 Å². The first-order chi connectivity index (χ1) is 9.31. The van der Waals surface area contributed by atoms with Crippen molar-refractivity contribution in [3.63, 3.8) is 0 Å². The molecule has 19 heavy (non-hydrogen) atoms. The van der Waals surface area contributed by atoms with Gasteiger partial charge in [0, 0.05) is 6.42 Å². The van der Waals surface area contributed by atoms with Crippen LogP contribution in [0.25, 0.3) is 0 Å². The third-order valence-electron chi connectivity index (χ3n) is 3.37. The van der Waals surface area contributed by atoms with E-state index in [1.807, 2.05) is 0 Å². The summed E-state index contributed by atoms with van der Waals surface area (Å²) in [6, 6.07) is 6.55. The SMILES string of the molecule is Fc1ccc(Cc2noc([C@@H]3CCCCN3)n2)cc1. The summed E-state index contributed by atoms with van der Waals surface area (Å²) in [5, 5.41) is 7.36. The number of nitrogens with one attached hydrogen (secondary N) is 1. The van der Waals surface area contributed by atoms with Crippen LogP contribution in [0.3, 0.4) is 0 Å². The zero-order valence-electron chi connectivity index (χ0n) is 10.6. The monoisotopic (exact) mass is 261 g/mol. The first-order valence-electron chi connectivity index (χ1n) is 6.61. The lowest BCUT2D eigenvalue weighted by molar-refractivity contribution is 0.296. The molecular weight excluding hydrogens is 245 g/mol. The Kier molecular flexibility index (Phi) is 3.55. The fraction of sp³-hybridized carbons (Fsp3) is 0.429. The fourth-order valence-electron chi connectivity index (χ4n) is 2.33. The number of aromatic nitrogens is 2. The molecule has 1 fully saturated rings. The van der Waals surface area contributed by atoms with E-state index in [1.54, 1.807) is 12.1 Å². The van der Waals surface area contributed by atoms with Crippen molar-refractivity contribution >= 4 is 0 Å². The van der Waals surface area contributed by atoms with E-state index in [-0.39, 0.29) is 11.9 Å². The maximum atomic E-state index is 12.8. The van der Waals surface area contributed by atoms with Crippen LogP contribution in [0.15, 0.2) is 28.8 Å². The van der Waals surface area contributed by atoms with E-state index in [0.29, 0.717) is 18.1 Å². The van der Waals surface area contributed by atoms with Gasteiger partial charge in [-0.05, 0) is 37.1 Å². The molecule has 0 unspecified atom stereocenters. The van der Waals surface area contributed by atoms with Crippen LogP contribution in [0.5, 0.6) is 0 Å². The summed E-state index contributed by atoms with van der Waals surface area (Å²) in [7, 11) is 0. The minimum absolute atomic E-state index is 0.184. The van der Waals surface area contributed by atoms with E-state index >= 15 is 0 Å². The Bertz CT molecular complexity index is 532. The van der Waals surface area contributed by atoms with Crippen LogP contribution in [0.1, 0.15) is 42.6 Å². The highest BCUT2D eigenvalue weighted by molar-refractivity contribution is 5.19. The average molecular weight is 261 g/mol. The smallest absolute Gasteiger partial charge is 0.243 e. The highest BCUT2D eigenvalue weighted by Crippen LogP contribution is 2.21. The molecule has 1 aromatic heterocycles.